The van der Waals surface area contributed by atoms with Crippen molar-refractivity contribution in [1.82, 2.24) is 14.6 Å². The van der Waals surface area contributed by atoms with Gasteiger partial charge in [-0.15, -0.1) is 4.83 Å². The summed E-state index contributed by atoms with van der Waals surface area (Å²) in [6.45, 7) is 0. The van der Waals surface area contributed by atoms with Crippen LogP contribution in [0, 0.1) is 0 Å². The second-order valence-corrected chi connectivity index (χ2v) is 9.17. The second-order valence-electron chi connectivity index (χ2n) is 5.34. The van der Waals surface area contributed by atoms with E-state index in [1.165, 1.54) is 38.4 Å². The van der Waals surface area contributed by atoms with Gasteiger partial charge in [0.15, 0.2) is 0 Å². The lowest BCUT2D eigenvalue weighted by Crippen LogP contribution is -2.41. The highest BCUT2D eigenvalue weighted by atomic mass is 32.2. The van der Waals surface area contributed by atoms with Crippen LogP contribution in [0.1, 0.15) is 10.4 Å². The largest absolute Gasteiger partial charge is 0.507 e. The number of aromatic hydroxyl groups is 1. The van der Waals surface area contributed by atoms with E-state index in [9.17, 15) is 26.7 Å². The first-order valence-corrected chi connectivity index (χ1v) is 10.1. The second kappa shape index (κ2) is 7.41. The molecule has 2 aromatic carbocycles. The normalized spacial score (nSPS) is 12.1. The molecule has 0 saturated carbocycles. The first-order chi connectivity index (χ1) is 12.1. The zero-order chi connectivity index (χ0) is 19.5. The molecule has 0 atom stereocenters. The number of phenolic OH excluding ortho intramolecular Hbond substituents is 1. The van der Waals surface area contributed by atoms with Crippen molar-refractivity contribution in [2.45, 2.75) is 9.79 Å². The molecule has 0 heterocycles. The third kappa shape index (κ3) is 4.19. The van der Waals surface area contributed by atoms with Gasteiger partial charge >= 0.3 is 0 Å². The van der Waals surface area contributed by atoms with Crippen LogP contribution in [0.3, 0.4) is 0 Å². The summed E-state index contributed by atoms with van der Waals surface area (Å²) < 4.78 is 49.4. The van der Waals surface area contributed by atoms with Gasteiger partial charge in [0.05, 0.1) is 15.4 Å². The van der Waals surface area contributed by atoms with E-state index in [0.29, 0.717) is 0 Å². The smallest absolute Gasteiger partial charge is 0.269 e. The van der Waals surface area contributed by atoms with Crippen LogP contribution >= 0.6 is 0 Å². The van der Waals surface area contributed by atoms with Crippen molar-refractivity contribution >= 4 is 26.0 Å². The lowest BCUT2D eigenvalue weighted by atomic mass is 10.2. The van der Waals surface area contributed by atoms with Gasteiger partial charge in [-0.25, -0.2) is 21.1 Å². The molecular formula is C15H17N3O6S2. The van der Waals surface area contributed by atoms with Gasteiger partial charge in [0.2, 0.25) is 10.0 Å². The highest BCUT2D eigenvalue weighted by Gasteiger charge is 2.20. The number of hydrazine groups is 1. The molecule has 0 radical (unpaired) electrons. The van der Waals surface area contributed by atoms with Crippen LogP contribution in [0.4, 0.5) is 0 Å². The molecule has 0 saturated heterocycles. The van der Waals surface area contributed by atoms with Gasteiger partial charge in [-0.05, 0) is 36.4 Å². The molecule has 26 heavy (non-hydrogen) atoms. The number of carbonyl (C=O) groups is 1. The third-order valence-corrected chi connectivity index (χ3v) is 6.45. The summed E-state index contributed by atoms with van der Waals surface area (Å²) >= 11 is 0. The van der Waals surface area contributed by atoms with Gasteiger partial charge < -0.3 is 5.11 Å². The molecule has 3 N–H and O–H groups in total. The number of nitrogens with zero attached hydrogens (tertiary/aromatic N) is 1. The molecule has 2 aromatic rings. The van der Waals surface area contributed by atoms with Crippen molar-refractivity contribution < 1.29 is 26.7 Å². The molecule has 0 fully saturated rings. The average molecular weight is 399 g/mol. The highest BCUT2D eigenvalue weighted by Crippen LogP contribution is 2.17. The molecule has 0 aliphatic rings. The van der Waals surface area contributed by atoms with Crippen LogP contribution in [0.5, 0.6) is 5.75 Å². The minimum absolute atomic E-state index is 0.0697. The monoisotopic (exact) mass is 399 g/mol. The Hall–Kier alpha value is -2.47. The van der Waals surface area contributed by atoms with Crippen molar-refractivity contribution in [2.24, 2.45) is 0 Å². The zero-order valence-electron chi connectivity index (χ0n) is 13.9. The van der Waals surface area contributed by atoms with Crippen LogP contribution < -0.4 is 10.3 Å². The number of phenols is 1. The van der Waals surface area contributed by atoms with Gasteiger partial charge in [-0.3, -0.25) is 10.2 Å². The Labute approximate surface area is 151 Å². The third-order valence-electron chi connectivity index (χ3n) is 3.36. The first kappa shape index (κ1) is 19.8. The van der Waals surface area contributed by atoms with E-state index >= 15 is 0 Å². The number of nitrogens with one attached hydrogen (secondary N) is 2. The zero-order valence-corrected chi connectivity index (χ0v) is 15.5. The molecule has 0 spiro atoms. The number of carbonyl (C=O) groups excluding carboxylic acids is 1. The van der Waals surface area contributed by atoms with E-state index < -0.39 is 26.0 Å². The fourth-order valence-electron chi connectivity index (χ4n) is 1.91. The maximum atomic E-state index is 12.2. The Balaban J connectivity index is 2.16. The quantitative estimate of drug-likeness (QED) is 0.597. The van der Waals surface area contributed by atoms with E-state index in [2.05, 4.69) is 0 Å². The first-order valence-electron chi connectivity index (χ1n) is 7.18. The number of sulfonamides is 2. The minimum atomic E-state index is -4.13. The lowest BCUT2D eigenvalue weighted by molar-refractivity contribution is 0.0942. The molecule has 1 amide bonds. The SMILES string of the molecule is CN(C)S(=O)(=O)c1ccc(S(=O)(=O)NNC(=O)c2ccccc2O)cc1. The van der Waals surface area contributed by atoms with E-state index in [4.69, 9.17) is 0 Å². The number of hydrogen-bond acceptors (Lipinski definition) is 6. The van der Waals surface area contributed by atoms with E-state index in [0.717, 1.165) is 28.6 Å². The number of para-hydroxylation sites is 1. The van der Waals surface area contributed by atoms with Crippen LogP contribution in [0.15, 0.2) is 58.3 Å². The predicted octanol–water partition coefficient (Wildman–Crippen LogP) is 0.266. The summed E-state index contributed by atoms with van der Waals surface area (Å²) in [7, 11) is -5.10. The molecule has 0 aliphatic carbocycles. The summed E-state index contributed by atoms with van der Waals surface area (Å²) in [4.78, 5) is 13.5. The van der Waals surface area contributed by atoms with Gasteiger partial charge in [0, 0.05) is 14.1 Å². The van der Waals surface area contributed by atoms with Crippen LogP contribution in [-0.4, -0.2) is 46.2 Å². The average Bonchev–Trinajstić information content (AvgIpc) is 2.60. The highest BCUT2D eigenvalue weighted by molar-refractivity contribution is 7.89. The number of amides is 1. The van der Waals surface area contributed by atoms with Crippen LogP contribution in [0.25, 0.3) is 0 Å². The molecule has 0 aliphatic heterocycles. The molecule has 9 nitrogen and oxygen atoms in total. The fraction of sp³-hybridized carbons (Fsp3) is 0.133. The molecule has 2 rings (SSSR count). The fourth-order valence-corrected chi connectivity index (χ4v) is 3.65. The minimum Gasteiger partial charge on any atom is -0.507 e. The van der Waals surface area contributed by atoms with Gasteiger partial charge in [0.25, 0.3) is 15.9 Å². The topological polar surface area (TPSA) is 133 Å². The summed E-state index contributed by atoms with van der Waals surface area (Å²) in [6, 6.07) is 10.1. The molecule has 0 aromatic heterocycles. The Bertz CT molecular complexity index is 1020. The summed E-state index contributed by atoms with van der Waals surface area (Å²) in [6.07, 6.45) is 0. The lowest BCUT2D eigenvalue weighted by Gasteiger charge is -2.12. The van der Waals surface area contributed by atoms with Crippen molar-refractivity contribution in [2.75, 3.05) is 14.1 Å². The van der Waals surface area contributed by atoms with Gasteiger partial charge in [0.1, 0.15) is 5.75 Å². The van der Waals surface area contributed by atoms with Gasteiger partial charge in [-0.1, -0.05) is 12.1 Å². The summed E-state index contributed by atoms with van der Waals surface area (Å²) in [5.41, 5.74) is 1.87. The predicted molar refractivity (Wildman–Crippen MR) is 93.2 cm³/mol. The van der Waals surface area contributed by atoms with Crippen molar-refractivity contribution in [3.63, 3.8) is 0 Å². The van der Waals surface area contributed by atoms with E-state index in [1.807, 2.05) is 10.3 Å². The Morgan fingerprint density at radius 1 is 0.923 bits per heavy atom. The van der Waals surface area contributed by atoms with Crippen molar-refractivity contribution in [3.05, 3.63) is 54.1 Å². The van der Waals surface area contributed by atoms with Crippen LogP contribution in [0.2, 0.25) is 0 Å². The molecule has 140 valence electrons. The van der Waals surface area contributed by atoms with Crippen molar-refractivity contribution in [1.29, 1.82) is 0 Å². The van der Waals surface area contributed by atoms with E-state index in [1.54, 1.807) is 0 Å². The molecule has 0 unspecified atom stereocenters. The number of benzene rings is 2. The Morgan fingerprint density at radius 3 is 2.00 bits per heavy atom. The Kier molecular flexibility index (Phi) is 5.66. The van der Waals surface area contributed by atoms with Gasteiger partial charge in [-0.2, -0.15) is 0 Å². The Morgan fingerprint density at radius 2 is 1.46 bits per heavy atom. The van der Waals surface area contributed by atoms with Crippen LogP contribution in [-0.2, 0) is 20.0 Å². The maximum absolute atomic E-state index is 12.2. The summed E-state index contributed by atoms with van der Waals surface area (Å²) in [5, 5.41) is 9.58. The molecule has 11 heteroatoms. The maximum Gasteiger partial charge on any atom is 0.269 e. The van der Waals surface area contributed by atoms with E-state index in [-0.39, 0.29) is 21.1 Å². The number of rotatable bonds is 6. The summed E-state index contributed by atoms with van der Waals surface area (Å²) in [5.74, 6) is -1.15. The number of hydrogen-bond donors (Lipinski definition) is 3. The standard InChI is InChI=1S/C15H17N3O6S2/c1-18(2)26(23,24)12-9-7-11(8-10-12)25(21,22)17-16-15(20)13-5-3-4-6-14(13)19/h3-10,17,19H,1-2H3,(H,16,20). The molecule has 0 bridgehead atoms. The molecular weight excluding hydrogens is 382 g/mol. The van der Waals surface area contributed by atoms with Crippen molar-refractivity contribution in [3.8, 4) is 5.75 Å².